The van der Waals surface area contributed by atoms with Crippen molar-refractivity contribution in [2.75, 3.05) is 7.05 Å². The summed E-state index contributed by atoms with van der Waals surface area (Å²) in [6, 6.07) is 13.5. The summed E-state index contributed by atoms with van der Waals surface area (Å²) in [6.07, 6.45) is 0. The summed E-state index contributed by atoms with van der Waals surface area (Å²) in [7, 11) is 1.84. The molecule has 2 aromatic rings. The molecule has 1 atom stereocenters. The molecule has 0 saturated heterocycles. The maximum Gasteiger partial charge on any atom is 0.173 e. The van der Waals surface area contributed by atoms with Crippen LogP contribution in [0.4, 0.5) is 4.39 Å². The van der Waals surface area contributed by atoms with Gasteiger partial charge in [-0.05, 0) is 61.5 Å². The van der Waals surface area contributed by atoms with Crippen molar-refractivity contribution in [3.63, 3.8) is 0 Å². The highest BCUT2D eigenvalue weighted by atomic mass is 32.1. The fourth-order valence-corrected chi connectivity index (χ4v) is 3.30. The molecule has 0 aromatic heterocycles. The maximum absolute atomic E-state index is 13.0. The van der Waals surface area contributed by atoms with E-state index in [0.717, 1.165) is 16.8 Å². The summed E-state index contributed by atoms with van der Waals surface area (Å²) in [5.41, 5.74) is 3.38. The van der Waals surface area contributed by atoms with Crippen molar-refractivity contribution >= 4 is 23.1 Å². The summed E-state index contributed by atoms with van der Waals surface area (Å²) in [6.45, 7) is 3.82. The minimum Gasteiger partial charge on any atom is -0.489 e. The van der Waals surface area contributed by atoms with E-state index in [1.807, 2.05) is 43.1 Å². The number of benzene rings is 2. The average Bonchev–Trinajstić information content (AvgIpc) is 2.65. The van der Waals surface area contributed by atoms with Crippen molar-refractivity contribution in [3.8, 4) is 5.75 Å². The lowest BCUT2D eigenvalue weighted by molar-refractivity contribution is -0.114. The third kappa shape index (κ3) is 4.17. The van der Waals surface area contributed by atoms with Gasteiger partial charge in [-0.25, -0.2) is 4.39 Å². The Bertz CT molecular complexity index is 891. The highest BCUT2D eigenvalue weighted by molar-refractivity contribution is 7.80. The third-order valence-electron chi connectivity index (χ3n) is 4.67. The first-order chi connectivity index (χ1) is 12.9. The summed E-state index contributed by atoms with van der Waals surface area (Å²) in [4.78, 5) is 14.0. The SMILES string of the molecule is CC(=O)C1=C(C)N(C)C(=S)NC1c1ccc(OCc2ccc(F)cc2)cc1. The van der Waals surface area contributed by atoms with Crippen molar-refractivity contribution < 1.29 is 13.9 Å². The fraction of sp³-hybridized carbons (Fsp3) is 0.238. The third-order valence-corrected chi connectivity index (χ3v) is 5.06. The zero-order chi connectivity index (χ0) is 19.6. The van der Waals surface area contributed by atoms with Crippen LogP contribution in [-0.2, 0) is 11.4 Å². The Labute approximate surface area is 163 Å². The number of nitrogens with one attached hydrogen (secondary N) is 1. The molecule has 0 bridgehead atoms. The number of rotatable bonds is 5. The van der Waals surface area contributed by atoms with E-state index in [1.165, 1.54) is 12.1 Å². The van der Waals surface area contributed by atoms with E-state index in [2.05, 4.69) is 5.32 Å². The molecule has 1 unspecified atom stereocenters. The number of halogens is 1. The van der Waals surface area contributed by atoms with Gasteiger partial charge in [0.2, 0.25) is 0 Å². The first kappa shape index (κ1) is 19.0. The predicted octanol–water partition coefficient (Wildman–Crippen LogP) is 4.13. The quantitative estimate of drug-likeness (QED) is 0.785. The summed E-state index contributed by atoms with van der Waals surface area (Å²) >= 11 is 5.37. The lowest BCUT2D eigenvalue weighted by Crippen LogP contribution is -2.45. The molecule has 0 amide bonds. The lowest BCUT2D eigenvalue weighted by atomic mass is 9.92. The number of carbonyl (C=O) groups excluding carboxylic acids is 1. The monoisotopic (exact) mass is 384 g/mol. The number of hydrogen-bond acceptors (Lipinski definition) is 3. The largest absolute Gasteiger partial charge is 0.489 e. The Hall–Kier alpha value is -2.73. The summed E-state index contributed by atoms with van der Waals surface area (Å²) in [5, 5.41) is 3.81. The molecule has 140 valence electrons. The number of thiocarbonyl (C=S) groups is 1. The van der Waals surface area contributed by atoms with Gasteiger partial charge in [0.15, 0.2) is 10.9 Å². The topological polar surface area (TPSA) is 41.6 Å². The van der Waals surface area contributed by atoms with Gasteiger partial charge in [-0.3, -0.25) is 4.79 Å². The summed E-state index contributed by atoms with van der Waals surface area (Å²) in [5.74, 6) is 0.441. The van der Waals surface area contributed by atoms with Crippen LogP contribution in [0.25, 0.3) is 0 Å². The molecule has 27 heavy (non-hydrogen) atoms. The zero-order valence-corrected chi connectivity index (χ0v) is 16.3. The van der Waals surface area contributed by atoms with Crippen LogP contribution in [0.15, 0.2) is 59.8 Å². The Balaban J connectivity index is 1.77. The second kappa shape index (κ2) is 7.88. The van der Waals surface area contributed by atoms with Gasteiger partial charge < -0.3 is 15.0 Å². The Morgan fingerprint density at radius 3 is 2.41 bits per heavy atom. The van der Waals surface area contributed by atoms with Crippen LogP contribution in [0.5, 0.6) is 5.75 Å². The first-order valence-electron chi connectivity index (χ1n) is 8.60. The highest BCUT2D eigenvalue weighted by Crippen LogP contribution is 2.31. The number of ketones is 1. The van der Waals surface area contributed by atoms with Crippen LogP contribution in [0.1, 0.15) is 31.0 Å². The molecule has 1 heterocycles. The van der Waals surface area contributed by atoms with Crippen molar-refractivity contribution in [3.05, 3.63) is 76.7 Å². The van der Waals surface area contributed by atoms with Crippen molar-refractivity contribution in [2.45, 2.75) is 26.5 Å². The number of Topliss-reactive ketones (excluding diaryl/α,β-unsaturated/α-hetero) is 1. The molecule has 3 rings (SSSR count). The molecule has 0 radical (unpaired) electrons. The van der Waals surface area contributed by atoms with Gasteiger partial charge in [-0.1, -0.05) is 24.3 Å². The minimum absolute atomic E-state index is 0.0102. The molecule has 0 aliphatic carbocycles. The molecule has 1 N–H and O–H groups in total. The number of ether oxygens (including phenoxy) is 1. The minimum atomic E-state index is -0.280. The van der Waals surface area contributed by atoms with E-state index < -0.39 is 0 Å². The summed E-state index contributed by atoms with van der Waals surface area (Å²) < 4.78 is 18.7. The van der Waals surface area contributed by atoms with Crippen molar-refractivity contribution in [2.24, 2.45) is 0 Å². The molecule has 6 heteroatoms. The van der Waals surface area contributed by atoms with E-state index in [-0.39, 0.29) is 17.6 Å². The van der Waals surface area contributed by atoms with Crippen LogP contribution in [-0.4, -0.2) is 22.8 Å². The van der Waals surface area contributed by atoms with Gasteiger partial charge in [0.05, 0.1) is 6.04 Å². The van der Waals surface area contributed by atoms with Gasteiger partial charge in [0, 0.05) is 18.3 Å². The molecule has 0 saturated carbocycles. The van der Waals surface area contributed by atoms with Crippen LogP contribution in [0, 0.1) is 5.82 Å². The van der Waals surface area contributed by atoms with Crippen LogP contribution in [0.3, 0.4) is 0 Å². The van der Waals surface area contributed by atoms with Crippen molar-refractivity contribution in [1.82, 2.24) is 10.2 Å². The number of nitrogens with zero attached hydrogens (tertiary/aromatic N) is 1. The van der Waals surface area contributed by atoms with E-state index in [1.54, 1.807) is 19.1 Å². The lowest BCUT2D eigenvalue weighted by Gasteiger charge is -2.35. The second-order valence-corrected chi connectivity index (χ2v) is 6.87. The molecule has 0 fully saturated rings. The molecule has 4 nitrogen and oxygen atoms in total. The van der Waals surface area contributed by atoms with Gasteiger partial charge >= 0.3 is 0 Å². The molecular formula is C21H21FN2O2S. The number of allylic oxidation sites excluding steroid dienone is 1. The molecule has 1 aliphatic heterocycles. The predicted molar refractivity (Wildman–Crippen MR) is 107 cm³/mol. The number of carbonyl (C=O) groups is 1. The van der Waals surface area contributed by atoms with Crippen molar-refractivity contribution in [1.29, 1.82) is 0 Å². The standard InChI is InChI=1S/C21H21FN2O2S/c1-13-19(14(2)25)20(23-21(27)24(13)3)16-6-10-18(11-7-16)26-12-15-4-8-17(22)9-5-15/h4-11,20H,12H2,1-3H3,(H,23,27). The molecular weight excluding hydrogens is 363 g/mol. The second-order valence-electron chi connectivity index (χ2n) is 6.48. The molecule has 0 spiro atoms. The normalized spacial score (nSPS) is 17.0. The maximum atomic E-state index is 13.0. The van der Waals surface area contributed by atoms with E-state index in [0.29, 0.717) is 23.0 Å². The van der Waals surface area contributed by atoms with Gasteiger partial charge in [0.1, 0.15) is 18.2 Å². The fourth-order valence-electron chi connectivity index (χ4n) is 3.05. The van der Waals surface area contributed by atoms with E-state index in [4.69, 9.17) is 17.0 Å². The zero-order valence-electron chi connectivity index (χ0n) is 15.5. The molecule has 1 aliphatic rings. The first-order valence-corrected chi connectivity index (χ1v) is 9.01. The van der Waals surface area contributed by atoms with Gasteiger partial charge in [-0.2, -0.15) is 0 Å². The van der Waals surface area contributed by atoms with Gasteiger partial charge in [-0.15, -0.1) is 0 Å². The molecule has 2 aromatic carbocycles. The average molecular weight is 384 g/mol. The Morgan fingerprint density at radius 1 is 1.19 bits per heavy atom. The van der Waals surface area contributed by atoms with Crippen LogP contribution < -0.4 is 10.1 Å². The smallest absolute Gasteiger partial charge is 0.173 e. The van der Waals surface area contributed by atoms with Crippen LogP contribution in [0.2, 0.25) is 0 Å². The van der Waals surface area contributed by atoms with Gasteiger partial charge in [0.25, 0.3) is 0 Å². The number of hydrogen-bond donors (Lipinski definition) is 1. The highest BCUT2D eigenvalue weighted by Gasteiger charge is 2.30. The Kier molecular flexibility index (Phi) is 5.56. The van der Waals surface area contributed by atoms with E-state index >= 15 is 0 Å². The van der Waals surface area contributed by atoms with Crippen LogP contribution >= 0.6 is 12.2 Å². The Morgan fingerprint density at radius 2 is 1.81 bits per heavy atom. The van der Waals surface area contributed by atoms with E-state index in [9.17, 15) is 9.18 Å².